The Hall–Kier alpha value is -2.90. The Morgan fingerprint density at radius 3 is 1.88 bits per heavy atom. The third kappa shape index (κ3) is 4.23. The zero-order chi connectivity index (χ0) is 23.1. The van der Waals surface area contributed by atoms with Crippen LogP contribution in [-0.4, -0.2) is 56.9 Å². The van der Waals surface area contributed by atoms with Gasteiger partial charge in [0.05, 0.1) is 10.9 Å². The second-order valence-corrected chi connectivity index (χ2v) is 9.92. The van der Waals surface area contributed by atoms with Crippen LogP contribution in [-0.2, 0) is 23.2 Å². The van der Waals surface area contributed by atoms with Gasteiger partial charge in [0.15, 0.2) is 0 Å². The second-order valence-electron chi connectivity index (χ2n) is 9.92. The van der Waals surface area contributed by atoms with Gasteiger partial charge in [0.1, 0.15) is 0 Å². The van der Waals surface area contributed by atoms with Gasteiger partial charge >= 0.3 is 5.69 Å². The lowest BCUT2D eigenvalue weighted by atomic mass is 9.81. The van der Waals surface area contributed by atoms with Gasteiger partial charge in [-0.2, -0.15) is 0 Å². The number of para-hydroxylation sites is 1. The minimum absolute atomic E-state index is 0.00286. The number of rotatable bonds is 4. The van der Waals surface area contributed by atoms with Crippen molar-refractivity contribution in [1.29, 1.82) is 0 Å². The van der Waals surface area contributed by atoms with E-state index in [1.54, 1.807) is 23.7 Å². The van der Waals surface area contributed by atoms with Gasteiger partial charge in [-0.15, -0.1) is 0 Å². The molecular weight excluding hydrogens is 420 g/mol. The average molecular weight is 453 g/mol. The number of hydrogen-bond donors (Lipinski definition) is 0. The summed E-state index contributed by atoms with van der Waals surface area (Å²) in [7, 11) is 1.70. The first kappa shape index (κ1) is 21.9. The molecule has 0 bridgehead atoms. The van der Waals surface area contributed by atoms with Crippen molar-refractivity contribution in [1.82, 2.24) is 18.9 Å². The van der Waals surface area contributed by atoms with Crippen molar-refractivity contribution in [2.75, 3.05) is 26.2 Å². The Morgan fingerprint density at radius 1 is 0.818 bits per heavy atom. The van der Waals surface area contributed by atoms with Crippen molar-refractivity contribution in [2.45, 2.75) is 45.1 Å². The Balaban J connectivity index is 1.18. The molecule has 2 amide bonds. The number of fused-ring (bicyclic) bond motifs is 1. The van der Waals surface area contributed by atoms with Crippen LogP contribution in [0.15, 0.2) is 33.9 Å². The fourth-order valence-electron chi connectivity index (χ4n) is 5.47. The fraction of sp³-hybridized carbons (Fsp3) is 0.600. The molecule has 0 spiro atoms. The molecule has 33 heavy (non-hydrogen) atoms. The van der Waals surface area contributed by atoms with E-state index in [0.717, 1.165) is 38.5 Å². The molecule has 1 aromatic carbocycles. The van der Waals surface area contributed by atoms with Crippen molar-refractivity contribution in [2.24, 2.45) is 24.8 Å². The number of carbonyl (C=O) groups excluding carboxylic acids is 2. The van der Waals surface area contributed by atoms with Crippen molar-refractivity contribution in [3.8, 4) is 0 Å². The van der Waals surface area contributed by atoms with Crippen LogP contribution in [0.25, 0.3) is 10.9 Å². The van der Waals surface area contributed by atoms with Crippen LogP contribution < -0.4 is 11.2 Å². The smallest absolute Gasteiger partial charge is 0.331 e. The Morgan fingerprint density at radius 2 is 1.33 bits per heavy atom. The fourth-order valence-corrected chi connectivity index (χ4v) is 5.47. The summed E-state index contributed by atoms with van der Waals surface area (Å²) in [5.74, 6) is 0.912. The molecule has 1 saturated heterocycles. The molecule has 0 radical (unpaired) electrons. The maximum absolute atomic E-state index is 13.1. The summed E-state index contributed by atoms with van der Waals surface area (Å²) in [5, 5.41) is 0.558. The molecule has 2 aromatic rings. The molecule has 0 unspecified atom stereocenters. The highest BCUT2D eigenvalue weighted by molar-refractivity contribution is 5.82. The highest BCUT2D eigenvalue weighted by Gasteiger charge is 2.36. The lowest BCUT2D eigenvalue weighted by Gasteiger charge is -2.38. The van der Waals surface area contributed by atoms with E-state index >= 15 is 0 Å². The molecule has 2 saturated carbocycles. The largest absolute Gasteiger partial charge is 0.339 e. The number of piperazine rings is 1. The summed E-state index contributed by atoms with van der Waals surface area (Å²) in [6.07, 6.45) is 5.26. The molecule has 5 rings (SSSR count). The van der Waals surface area contributed by atoms with Crippen molar-refractivity contribution < 1.29 is 9.59 Å². The third-order valence-electron chi connectivity index (χ3n) is 7.73. The first-order valence-electron chi connectivity index (χ1n) is 12.2. The number of hydrogen-bond acceptors (Lipinski definition) is 4. The molecule has 176 valence electrons. The van der Waals surface area contributed by atoms with Crippen LogP contribution in [0.3, 0.4) is 0 Å². The summed E-state index contributed by atoms with van der Waals surface area (Å²) >= 11 is 0. The normalized spacial score (nSPS) is 23.7. The maximum Gasteiger partial charge on any atom is 0.331 e. The van der Waals surface area contributed by atoms with E-state index in [9.17, 15) is 19.2 Å². The molecule has 3 fully saturated rings. The highest BCUT2D eigenvalue weighted by Crippen LogP contribution is 2.33. The van der Waals surface area contributed by atoms with E-state index < -0.39 is 0 Å². The number of aryl methyl sites for hydroxylation is 1. The van der Waals surface area contributed by atoms with Crippen LogP contribution in [0, 0.1) is 17.8 Å². The lowest BCUT2D eigenvalue weighted by Crippen LogP contribution is -2.52. The second kappa shape index (κ2) is 8.80. The zero-order valence-corrected chi connectivity index (χ0v) is 19.2. The van der Waals surface area contributed by atoms with Gasteiger partial charge < -0.3 is 9.80 Å². The summed E-state index contributed by atoms with van der Waals surface area (Å²) in [6, 6.07) is 7.20. The van der Waals surface area contributed by atoms with Crippen LogP contribution in [0.2, 0.25) is 0 Å². The summed E-state index contributed by atoms with van der Waals surface area (Å²) in [6.45, 7) is 2.94. The van der Waals surface area contributed by atoms with Gasteiger partial charge in [-0.1, -0.05) is 12.1 Å². The van der Waals surface area contributed by atoms with Gasteiger partial charge in [0.2, 0.25) is 11.8 Å². The highest BCUT2D eigenvalue weighted by atomic mass is 16.2. The molecular formula is C25H32N4O4. The van der Waals surface area contributed by atoms with Crippen LogP contribution in [0.5, 0.6) is 0 Å². The van der Waals surface area contributed by atoms with Crippen LogP contribution in [0.1, 0.15) is 38.5 Å². The lowest BCUT2D eigenvalue weighted by molar-refractivity contribution is -0.143. The van der Waals surface area contributed by atoms with Crippen molar-refractivity contribution in [3.05, 3.63) is 45.1 Å². The van der Waals surface area contributed by atoms with Gasteiger partial charge in [-0.3, -0.25) is 23.5 Å². The number of aromatic nitrogens is 2. The topological polar surface area (TPSA) is 84.6 Å². The predicted octanol–water partition coefficient (Wildman–Crippen LogP) is 1.59. The van der Waals surface area contributed by atoms with E-state index in [1.807, 2.05) is 21.9 Å². The minimum Gasteiger partial charge on any atom is -0.339 e. The van der Waals surface area contributed by atoms with E-state index in [2.05, 4.69) is 0 Å². The predicted molar refractivity (Wildman–Crippen MR) is 125 cm³/mol. The van der Waals surface area contributed by atoms with Crippen molar-refractivity contribution >= 4 is 22.7 Å². The molecule has 1 aliphatic heterocycles. The van der Waals surface area contributed by atoms with E-state index in [0.29, 0.717) is 43.6 Å². The van der Waals surface area contributed by atoms with Crippen molar-refractivity contribution in [3.63, 3.8) is 0 Å². The average Bonchev–Trinajstić information content (AvgIpc) is 3.70. The van der Waals surface area contributed by atoms with E-state index in [1.165, 1.54) is 4.57 Å². The first-order valence-corrected chi connectivity index (χ1v) is 12.2. The molecule has 2 aliphatic carbocycles. The Bertz CT molecular complexity index is 1180. The molecule has 0 atom stereocenters. The number of amides is 2. The first-order chi connectivity index (χ1) is 15.9. The van der Waals surface area contributed by atoms with Crippen LogP contribution in [0.4, 0.5) is 0 Å². The number of nitrogens with zero attached hydrogens (tertiary/aromatic N) is 4. The summed E-state index contributed by atoms with van der Waals surface area (Å²) in [4.78, 5) is 54.9. The quantitative estimate of drug-likeness (QED) is 0.705. The summed E-state index contributed by atoms with van der Waals surface area (Å²) in [5.41, 5.74) is 0.137. The molecule has 8 nitrogen and oxygen atoms in total. The molecule has 2 heterocycles. The molecule has 3 aliphatic rings. The van der Waals surface area contributed by atoms with Gasteiger partial charge in [0.25, 0.3) is 5.56 Å². The zero-order valence-electron chi connectivity index (χ0n) is 19.2. The summed E-state index contributed by atoms with van der Waals surface area (Å²) < 4.78 is 2.91. The molecule has 0 N–H and O–H groups in total. The Kier molecular flexibility index (Phi) is 5.85. The number of benzene rings is 1. The maximum atomic E-state index is 13.1. The monoisotopic (exact) mass is 452 g/mol. The Labute approximate surface area is 192 Å². The van der Waals surface area contributed by atoms with E-state index in [-0.39, 0.29) is 40.8 Å². The van der Waals surface area contributed by atoms with Gasteiger partial charge in [-0.25, -0.2) is 4.79 Å². The number of carbonyl (C=O) groups is 2. The standard InChI is InChI=1S/C25H32N4O4/c1-26-21-5-3-2-4-20(21)24(32)29(25(26)33)16-17-6-8-18(9-7-17)22(30)27-12-14-28(15-13-27)23(31)19-10-11-19/h2-5,17-19H,6-16H2,1H3/t17-,18-. The van der Waals surface area contributed by atoms with Crippen LogP contribution >= 0.6 is 0 Å². The molecule has 1 aromatic heterocycles. The molecule has 8 heteroatoms. The van der Waals surface area contributed by atoms with Gasteiger partial charge in [-0.05, 0) is 56.6 Å². The van der Waals surface area contributed by atoms with E-state index in [4.69, 9.17) is 0 Å². The van der Waals surface area contributed by atoms with Gasteiger partial charge in [0, 0.05) is 51.6 Å². The third-order valence-corrected chi connectivity index (χ3v) is 7.73. The minimum atomic E-state index is -0.282. The SMILES string of the molecule is Cn1c(=O)n(C[C@H]2CC[C@H](C(=O)N3CCN(C(=O)C4CC4)CC3)CC2)c(=O)c2ccccc21.